The van der Waals surface area contributed by atoms with Gasteiger partial charge in [-0.2, -0.15) is 13.2 Å². The topological polar surface area (TPSA) is 45.2 Å². The standard InChI is InChI=1S/C14H15ClF3N5S/c15-10-3-1-4-19-11(10)9-22-5-2-6-23(8-7-22)13-21-20-12(24-13)14(16,17)18/h1,3-4H,2,5-9H2. The predicted octanol–water partition coefficient (Wildman–Crippen LogP) is 3.32. The van der Waals surface area contributed by atoms with E-state index in [0.29, 0.717) is 47.7 Å². The van der Waals surface area contributed by atoms with Crippen molar-refractivity contribution in [1.82, 2.24) is 20.1 Å². The molecule has 2 aromatic heterocycles. The van der Waals surface area contributed by atoms with E-state index in [-0.39, 0.29) is 0 Å². The van der Waals surface area contributed by atoms with E-state index in [1.165, 1.54) is 0 Å². The van der Waals surface area contributed by atoms with E-state index in [9.17, 15) is 13.2 Å². The monoisotopic (exact) mass is 377 g/mol. The SMILES string of the molecule is FC(F)(F)c1nnc(N2CCCN(Cc3ncccc3Cl)CC2)s1. The smallest absolute Gasteiger partial charge is 0.345 e. The summed E-state index contributed by atoms with van der Waals surface area (Å²) in [6.45, 7) is 3.40. The van der Waals surface area contributed by atoms with Gasteiger partial charge >= 0.3 is 6.18 Å². The minimum Gasteiger partial charge on any atom is -0.345 e. The minimum absolute atomic E-state index is 0.319. The largest absolute Gasteiger partial charge is 0.445 e. The lowest BCUT2D eigenvalue weighted by atomic mass is 10.3. The molecule has 10 heteroatoms. The van der Waals surface area contributed by atoms with Crippen LogP contribution in [0.3, 0.4) is 0 Å². The van der Waals surface area contributed by atoms with Gasteiger partial charge in [-0.1, -0.05) is 22.9 Å². The van der Waals surface area contributed by atoms with Crippen LogP contribution in [0.25, 0.3) is 0 Å². The van der Waals surface area contributed by atoms with Gasteiger partial charge in [0.1, 0.15) is 0 Å². The molecule has 1 saturated heterocycles. The van der Waals surface area contributed by atoms with Gasteiger partial charge in [0.2, 0.25) is 10.1 Å². The quantitative estimate of drug-likeness (QED) is 0.821. The fourth-order valence-electron chi connectivity index (χ4n) is 2.52. The van der Waals surface area contributed by atoms with E-state index >= 15 is 0 Å². The van der Waals surface area contributed by atoms with Crippen molar-refractivity contribution in [3.63, 3.8) is 0 Å². The Bertz CT molecular complexity index is 693. The average Bonchev–Trinajstić information content (AvgIpc) is 2.92. The Labute approximate surface area is 146 Å². The maximum Gasteiger partial charge on any atom is 0.445 e. The van der Waals surface area contributed by atoms with Crippen LogP contribution >= 0.6 is 22.9 Å². The molecule has 0 spiro atoms. The first-order valence-electron chi connectivity index (χ1n) is 7.41. The molecular weight excluding hydrogens is 363 g/mol. The summed E-state index contributed by atoms with van der Waals surface area (Å²) in [5.41, 5.74) is 0.808. The van der Waals surface area contributed by atoms with E-state index in [2.05, 4.69) is 20.1 Å². The Morgan fingerprint density at radius 2 is 2.00 bits per heavy atom. The molecule has 2 aromatic rings. The summed E-state index contributed by atoms with van der Waals surface area (Å²) in [5.74, 6) is 0. The zero-order valence-electron chi connectivity index (χ0n) is 12.6. The zero-order valence-corrected chi connectivity index (χ0v) is 14.2. The molecule has 0 amide bonds. The summed E-state index contributed by atoms with van der Waals surface area (Å²) in [6.07, 6.45) is -1.92. The molecular formula is C14H15ClF3N5S. The number of hydrogen-bond donors (Lipinski definition) is 0. The summed E-state index contributed by atoms with van der Waals surface area (Å²) < 4.78 is 38.0. The molecule has 0 atom stereocenters. The Morgan fingerprint density at radius 3 is 2.71 bits per heavy atom. The highest BCUT2D eigenvalue weighted by Gasteiger charge is 2.36. The Balaban J connectivity index is 1.63. The van der Waals surface area contributed by atoms with E-state index in [1.807, 2.05) is 4.90 Å². The maximum absolute atomic E-state index is 12.7. The predicted molar refractivity (Wildman–Crippen MR) is 86.3 cm³/mol. The van der Waals surface area contributed by atoms with Gasteiger partial charge in [-0.25, -0.2) is 0 Å². The van der Waals surface area contributed by atoms with E-state index in [4.69, 9.17) is 11.6 Å². The lowest BCUT2D eigenvalue weighted by Crippen LogP contribution is -2.30. The molecule has 1 fully saturated rings. The van der Waals surface area contributed by atoms with Crippen molar-refractivity contribution >= 4 is 28.1 Å². The molecule has 0 bridgehead atoms. The summed E-state index contributed by atoms with van der Waals surface area (Å²) in [4.78, 5) is 8.33. The Kier molecular flexibility index (Phi) is 5.21. The molecule has 0 aromatic carbocycles. The van der Waals surface area contributed by atoms with Crippen molar-refractivity contribution in [1.29, 1.82) is 0 Å². The number of halogens is 4. The molecule has 1 aliphatic heterocycles. The second-order valence-corrected chi connectivity index (χ2v) is 6.80. The van der Waals surface area contributed by atoms with Gasteiger partial charge in [-0.15, -0.1) is 10.2 Å². The number of pyridine rings is 1. The van der Waals surface area contributed by atoms with Crippen molar-refractivity contribution in [2.75, 3.05) is 31.1 Å². The van der Waals surface area contributed by atoms with E-state index < -0.39 is 11.2 Å². The highest BCUT2D eigenvalue weighted by molar-refractivity contribution is 7.15. The van der Waals surface area contributed by atoms with Crippen LogP contribution in [0.2, 0.25) is 5.02 Å². The van der Waals surface area contributed by atoms with Crippen LogP contribution < -0.4 is 4.90 Å². The first-order chi connectivity index (χ1) is 11.4. The zero-order chi connectivity index (χ0) is 17.2. The fourth-order valence-corrected chi connectivity index (χ4v) is 3.47. The van der Waals surface area contributed by atoms with Gasteiger partial charge in [-0.05, 0) is 18.6 Å². The van der Waals surface area contributed by atoms with E-state index in [0.717, 1.165) is 18.7 Å². The van der Waals surface area contributed by atoms with Crippen molar-refractivity contribution in [3.05, 3.63) is 34.1 Å². The second-order valence-electron chi connectivity index (χ2n) is 5.44. The summed E-state index contributed by atoms with van der Waals surface area (Å²) in [6, 6.07) is 3.58. The molecule has 3 heterocycles. The van der Waals surface area contributed by atoms with Crippen LogP contribution in [0.4, 0.5) is 18.3 Å². The number of aromatic nitrogens is 3. The summed E-state index contributed by atoms with van der Waals surface area (Å²) in [7, 11) is 0. The summed E-state index contributed by atoms with van der Waals surface area (Å²) >= 11 is 6.72. The molecule has 5 nitrogen and oxygen atoms in total. The summed E-state index contributed by atoms with van der Waals surface area (Å²) in [5, 5.41) is 6.98. The molecule has 130 valence electrons. The third-order valence-electron chi connectivity index (χ3n) is 3.72. The normalized spacial score (nSPS) is 17.1. The maximum atomic E-state index is 12.7. The van der Waals surface area contributed by atoms with Crippen LogP contribution in [0, 0.1) is 0 Å². The highest BCUT2D eigenvalue weighted by Crippen LogP contribution is 2.34. The lowest BCUT2D eigenvalue weighted by molar-refractivity contribution is -0.138. The van der Waals surface area contributed by atoms with Gasteiger partial charge in [0.15, 0.2) is 0 Å². The van der Waals surface area contributed by atoms with Gasteiger partial charge in [0, 0.05) is 38.9 Å². The molecule has 0 unspecified atom stereocenters. The molecule has 24 heavy (non-hydrogen) atoms. The third kappa shape index (κ3) is 4.14. The van der Waals surface area contributed by atoms with Crippen molar-refractivity contribution < 1.29 is 13.2 Å². The minimum atomic E-state index is -4.44. The number of anilines is 1. The van der Waals surface area contributed by atoms with Gasteiger partial charge in [0.25, 0.3) is 0 Å². The van der Waals surface area contributed by atoms with Crippen LogP contribution in [0.15, 0.2) is 18.3 Å². The van der Waals surface area contributed by atoms with Crippen molar-refractivity contribution in [3.8, 4) is 0 Å². The van der Waals surface area contributed by atoms with Gasteiger partial charge in [-0.3, -0.25) is 9.88 Å². The molecule has 0 aliphatic carbocycles. The molecule has 3 rings (SSSR count). The lowest BCUT2D eigenvalue weighted by Gasteiger charge is -2.21. The second kappa shape index (κ2) is 7.20. The fraction of sp³-hybridized carbons (Fsp3) is 0.500. The molecule has 1 aliphatic rings. The third-order valence-corrected chi connectivity index (χ3v) is 5.10. The Hall–Kier alpha value is -1.45. The highest BCUT2D eigenvalue weighted by atomic mass is 35.5. The number of nitrogens with zero attached hydrogens (tertiary/aromatic N) is 5. The number of alkyl halides is 3. The van der Waals surface area contributed by atoms with Gasteiger partial charge < -0.3 is 4.90 Å². The first kappa shape index (κ1) is 17.4. The van der Waals surface area contributed by atoms with Gasteiger partial charge in [0.05, 0.1) is 10.7 Å². The number of hydrogen-bond acceptors (Lipinski definition) is 6. The van der Waals surface area contributed by atoms with Crippen LogP contribution in [0.1, 0.15) is 17.1 Å². The first-order valence-corrected chi connectivity index (χ1v) is 8.60. The van der Waals surface area contributed by atoms with Crippen LogP contribution in [0.5, 0.6) is 0 Å². The molecule has 0 N–H and O–H groups in total. The average molecular weight is 378 g/mol. The van der Waals surface area contributed by atoms with Crippen LogP contribution in [-0.4, -0.2) is 46.3 Å². The van der Waals surface area contributed by atoms with Crippen LogP contribution in [-0.2, 0) is 12.7 Å². The molecule has 0 radical (unpaired) electrons. The van der Waals surface area contributed by atoms with Crippen molar-refractivity contribution in [2.45, 2.75) is 19.1 Å². The Morgan fingerprint density at radius 1 is 1.17 bits per heavy atom. The van der Waals surface area contributed by atoms with E-state index in [1.54, 1.807) is 18.3 Å². The van der Waals surface area contributed by atoms with Crippen molar-refractivity contribution in [2.24, 2.45) is 0 Å². The molecule has 0 saturated carbocycles. The number of rotatable bonds is 3.